The number of aromatic nitrogens is 2. The number of ketones is 1. The molecule has 0 N–H and O–H groups in total. The van der Waals surface area contributed by atoms with Crippen LogP contribution in [-0.4, -0.2) is 20.5 Å². The van der Waals surface area contributed by atoms with Gasteiger partial charge in [0.15, 0.2) is 5.78 Å². The molecule has 2 aromatic rings. The quantitative estimate of drug-likeness (QED) is 0.486. The predicted octanol–water partition coefficient (Wildman–Crippen LogP) is 2.16. The van der Waals surface area contributed by atoms with Crippen molar-refractivity contribution >= 4 is 11.5 Å². The van der Waals surface area contributed by atoms with Gasteiger partial charge < -0.3 is 0 Å². The lowest BCUT2D eigenvalue weighted by Crippen LogP contribution is -2.13. The first-order valence-corrected chi connectivity index (χ1v) is 6.15. The van der Waals surface area contributed by atoms with Gasteiger partial charge in [0, 0.05) is 5.56 Å². The Bertz CT molecular complexity index is 754. The number of nitro groups is 1. The number of nitriles is 1. The molecule has 0 aliphatic rings. The van der Waals surface area contributed by atoms with Gasteiger partial charge in [-0.05, 0) is 26.0 Å². The summed E-state index contributed by atoms with van der Waals surface area (Å²) in [7, 11) is 0. The molecule has 21 heavy (non-hydrogen) atoms. The molecule has 0 atom stereocenters. The van der Waals surface area contributed by atoms with E-state index < -0.39 is 4.92 Å². The Morgan fingerprint density at radius 3 is 2.48 bits per heavy atom. The Morgan fingerprint density at radius 1 is 1.38 bits per heavy atom. The summed E-state index contributed by atoms with van der Waals surface area (Å²) in [6.45, 7) is 3.02. The minimum atomic E-state index is -0.500. The molecule has 7 nitrogen and oxygen atoms in total. The molecule has 106 valence electrons. The molecule has 0 fully saturated rings. The fourth-order valence-electron chi connectivity index (χ4n) is 2.06. The van der Waals surface area contributed by atoms with Crippen LogP contribution in [0, 0.1) is 35.3 Å². The van der Waals surface area contributed by atoms with Gasteiger partial charge >= 0.3 is 5.69 Å². The van der Waals surface area contributed by atoms with Crippen molar-refractivity contribution in [2.75, 3.05) is 0 Å². The summed E-state index contributed by atoms with van der Waals surface area (Å²) in [5.74, 6) is -0.222. The van der Waals surface area contributed by atoms with Gasteiger partial charge in [-0.2, -0.15) is 10.4 Å². The van der Waals surface area contributed by atoms with Gasteiger partial charge in [0.1, 0.15) is 17.9 Å². The monoisotopic (exact) mass is 284 g/mol. The van der Waals surface area contributed by atoms with Crippen molar-refractivity contribution in [3.05, 3.63) is 56.9 Å². The summed E-state index contributed by atoms with van der Waals surface area (Å²) in [6, 6.07) is 8.19. The average molecular weight is 284 g/mol. The van der Waals surface area contributed by atoms with Crippen LogP contribution in [0.1, 0.15) is 27.3 Å². The average Bonchev–Trinajstić information content (AvgIpc) is 2.73. The Morgan fingerprint density at radius 2 is 2.00 bits per heavy atom. The standard InChI is InChI=1S/C14H12N4O3/c1-9-14(18(20)21)10(2)17(16-9)8-13(19)12-5-3-11(7-15)4-6-12/h3-6H,8H2,1-2H3. The molecule has 0 aliphatic heterocycles. The lowest BCUT2D eigenvalue weighted by atomic mass is 10.1. The molecule has 0 aliphatic carbocycles. The molecule has 0 bridgehead atoms. The molecule has 1 heterocycles. The molecule has 7 heteroatoms. The Labute approximate surface area is 120 Å². The zero-order valence-electron chi connectivity index (χ0n) is 11.5. The predicted molar refractivity (Wildman–Crippen MR) is 73.8 cm³/mol. The molecule has 0 spiro atoms. The third-order valence-electron chi connectivity index (χ3n) is 3.16. The zero-order chi connectivity index (χ0) is 15.6. The van der Waals surface area contributed by atoms with Crippen molar-refractivity contribution in [2.24, 2.45) is 0 Å². The van der Waals surface area contributed by atoms with Gasteiger partial charge in [-0.1, -0.05) is 12.1 Å². The number of benzene rings is 1. The van der Waals surface area contributed by atoms with Crippen LogP contribution in [0.2, 0.25) is 0 Å². The van der Waals surface area contributed by atoms with Gasteiger partial charge in [-0.25, -0.2) is 0 Å². The Kier molecular flexibility index (Phi) is 3.80. The van der Waals surface area contributed by atoms with Crippen LogP contribution in [0.4, 0.5) is 5.69 Å². The Balaban J connectivity index is 2.25. The molecule has 0 saturated carbocycles. The van der Waals surface area contributed by atoms with Crippen LogP contribution in [0.25, 0.3) is 0 Å². The number of carbonyl (C=O) groups excluding carboxylic acids is 1. The van der Waals surface area contributed by atoms with Crippen LogP contribution in [0.5, 0.6) is 0 Å². The molecular formula is C14H12N4O3. The van der Waals surface area contributed by atoms with Crippen LogP contribution in [0.15, 0.2) is 24.3 Å². The van der Waals surface area contributed by atoms with Crippen molar-refractivity contribution in [1.82, 2.24) is 9.78 Å². The molecular weight excluding hydrogens is 272 g/mol. The van der Waals surface area contributed by atoms with E-state index in [2.05, 4.69) is 5.10 Å². The van der Waals surface area contributed by atoms with E-state index in [0.29, 0.717) is 16.8 Å². The van der Waals surface area contributed by atoms with Gasteiger partial charge in [-0.3, -0.25) is 19.6 Å². The number of nitrogens with zero attached hydrogens (tertiary/aromatic N) is 4. The maximum absolute atomic E-state index is 12.1. The third kappa shape index (κ3) is 2.79. The van der Waals surface area contributed by atoms with Gasteiger partial charge in [0.05, 0.1) is 16.6 Å². The first-order valence-electron chi connectivity index (χ1n) is 6.15. The van der Waals surface area contributed by atoms with E-state index in [1.165, 1.54) is 11.6 Å². The number of carbonyl (C=O) groups is 1. The molecule has 0 radical (unpaired) electrons. The zero-order valence-corrected chi connectivity index (χ0v) is 11.5. The first-order chi connectivity index (χ1) is 9.93. The fourth-order valence-corrected chi connectivity index (χ4v) is 2.06. The summed E-state index contributed by atoms with van der Waals surface area (Å²) in [6.07, 6.45) is 0. The van der Waals surface area contributed by atoms with E-state index in [1.54, 1.807) is 31.2 Å². The maximum atomic E-state index is 12.1. The van der Waals surface area contributed by atoms with Crippen molar-refractivity contribution in [3.63, 3.8) is 0 Å². The van der Waals surface area contributed by atoms with Crippen LogP contribution in [-0.2, 0) is 6.54 Å². The van der Waals surface area contributed by atoms with Crippen molar-refractivity contribution < 1.29 is 9.72 Å². The molecule has 2 rings (SSSR count). The molecule has 0 saturated heterocycles. The normalized spacial score (nSPS) is 10.1. The second-order valence-corrected chi connectivity index (χ2v) is 4.55. The van der Waals surface area contributed by atoms with E-state index in [0.717, 1.165) is 0 Å². The third-order valence-corrected chi connectivity index (χ3v) is 3.16. The molecule has 1 aromatic carbocycles. The summed E-state index contributed by atoms with van der Waals surface area (Å²) >= 11 is 0. The number of aryl methyl sites for hydroxylation is 1. The number of Topliss-reactive ketones (excluding diaryl/α,β-unsaturated/α-hetero) is 1. The van der Waals surface area contributed by atoms with E-state index in [-0.39, 0.29) is 23.7 Å². The van der Waals surface area contributed by atoms with Crippen molar-refractivity contribution in [3.8, 4) is 6.07 Å². The highest BCUT2D eigenvalue weighted by atomic mass is 16.6. The fraction of sp³-hybridized carbons (Fsp3) is 0.214. The maximum Gasteiger partial charge on any atom is 0.312 e. The number of hydrogen-bond donors (Lipinski definition) is 0. The van der Waals surface area contributed by atoms with Gasteiger partial charge in [0.25, 0.3) is 0 Å². The summed E-state index contributed by atoms with van der Waals surface area (Å²) in [4.78, 5) is 22.6. The number of hydrogen-bond acceptors (Lipinski definition) is 5. The number of rotatable bonds is 4. The topological polar surface area (TPSA) is 102 Å². The summed E-state index contributed by atoms with van der Waals surface area (Å²) < 4.78 is 1.33. The molecule has 0 unspecified atom stereocenters. The van der Waals surface area contributed by atoms with E-state index >= 15 is 0 Å². The van der Waals surface area contributed by atoms with Gasteiger partial charge in [-0.15, -0.1) is 0 Å². The second-order valence-electron chi connectivity index (χ2n) is 4.55. The SMILES string of the molecule is Cc1nn(CC(=O)c2ccc(C#N)cc2)c(C)c1[N+](=O)[O-]. The highest BCUT2D eigenvalue weighted by Crippen LogP contribution is 2.22. The van der Waals surface area contributed by atoms with Crippen LogP contribution < -0.4 is 0 Å². The minimum absolute atomic E-state index is 0.0670. The highest BCUT2D eigenvalue weighted by molar-refractivity contribution is 5.96. The van der Waals surface area contributed by atoms with Crippen molar-refractivity contribution in [1.29, 1.82) is 5.26 Å². The van der Waals surface area contributed by atoms with E-state index in [4.69, 9.17) is 5.26 Å². The second kappa shape index (κ2) is 5.54. The Hall–Kier alpha value is -3.01. The largest absolute Gasteiger partial charge is 0.312 e. The van der Waals surface area contributed by atoms with E-state index in [9.17, 15) is 14.9 Å². The lowest BCUT2D eigenvalue weighted by Gasteiger charge is -2.03. The molecule has 0 amide bonds. The smallest absolute Gasteiger partial charge is 0.292 e. The minimum Gasteiger partial charge on any atom is -0.292 e. The first kappa shape index (κ1) is 14.4. The van der Waals surface area contributed by atoms with Crippen molar-refractivity contribution in [2.45, 2.75) is 20.4 Å². The van der Waals surface area contributed by atoms with Crippen LogP contribution >= 0.6 is 0 Å². The van der Waals surface area contributed by atoms with Crippen LogP contribution in [0.3, 0.4) is 0 Å². The lowest BCUT2D eigenvalue weighted by molar-refractivity contribution is -0.386. The highest BCUT2D eigenvalue weighted by Gasteiger charge is 2.22. The summed E-state index contributed by atoms with van der Waals surface area (Å²) in [5, 5.41) is 23.7. The van der Waals surface area contributed by atoms with Gasteiger partial charge in [0.2, 0.25) is 0 Å². The summed E-state index contributed by atoms with van der Waals surface area (Å²) in [5.41, 5.74) is 1.46. The van der Waals surface area contributed by atoms with E-state index in [1.807, 2.05) is 6.07 Å². The molecule has 1 aromatic heterocycles.